The zero-order valence-electron chi connectivity index (χ0n) is 14.3. The van der Waals surface area contributed by atoms with Crippen LogP contribution in [-0.4, -0.2) is 85.3 Å². The molecule has 0 aromatic rings. The Morgan fingerprint density at radius 3 is 1.33 bits per heavy atom. The number of nitrogens with zero attached hydrogens (tertiary/aromatic N) is 2. The Bertz CT molecular complexity index is 424. The normalized spacial score (nSPS) is 25.3. The number of ether oxygens (including phenoxy) is 2. The van der Waals surface area contributed by atoms with Crippen molar-refractivity contribution in [1.82, 2.24) is 20.7 Å². The molecule has 2 aliphatic rings. The first-order valence-electron chi connectivity index (χ1n) is 8.10. The number of amides is 2. The summed E-state index contributed by atoms with van der Waals surface area (Å²) < 4.78 is 10.8. The topological polar surface area (TPSA) is 135 Å². The second-order valence-corrected chi connectivity index (χ2v) is 6.29. The van der Waals surface area contributed by atoms with Gasteiger partial charge < -0.3 is 9.47 Å². The van der Waals surface area contributed by atoms with Gasteiger partial charge in [0.2, 0.25) is 0 Å². The highest BCUT2D eigenvalue weighted by molar-refractivity contribution is 5.98. The monoisotopic (exact) mass is 344 g/mol. The molecule has 0 bridgehead atoms. The molecule has 0 aromatic heterocycles. The number of hydrogen-bond donors (Lipinski definition) is 4. The first-order valence-corrected chi connectivity index (χ1v) is 8.10. The van der Waals surface area contributed by atoms with Crippen LogP contribution in [0.2, 0.25) is 0 Å². The van der Waals surface area contributed by atoms with Crippen molar-refractivity contribution in [2.45, 2.75) is 24.9 Å². The molecule has 138 valence electrons. The van der Waals surface area contributed by atoms with Gasteiger partial charge in [-0.05, 0) is 13.8 Å². The average molecular weight is 344 g/mol. The quantitative estimate of drug-likeness (QED) is 0.238. The molecule has 2 aliphatic heterocycles. The Morgan fingerprint density at radius 1 is 0.792 bits per heavy atom. The minimum absolute atomic E-state index is 0.443. The molecule has 2 saturated heterocycles. The summed E-state index contributed by atoms with van der Waals surface area (Å²) in [5.41, 5.74) is 1.99. The van der Waals surface area contributed by atoms with Gasteiger partial charge in [0.1, 0.15) is 11.1 Å². The number of hydrazine groups is 2. The first-order chi connectivity index (χ1) is 11.4. The van der Waals surface area contributed by atoms with Gasteiger partial charge in [-0.25, -0.2) is 11.7 Å². The maximum absolute atomic E-state index is 12.8. The number of hydrogen-bond acceptors (Lipinski definition) is 8. The SMILES string of the molecule is CC(C(=O)NN)(N1CCOCC1)C(C)(C(=O)NN)N1CCOCC1. The highest BCUT2D eigenvalue weighted by Crippen LogP contribution is 2.36. The second kappa shape index (κ2) is 7.72. The van der Waals surface area contributed by atoms with Crippen molar-refractivity contribution in [1.29, 1.82) is 0 Å². The summed E-state index contributed by atoms with van der Waals surface area (Å²) in [5.74, 6) is 10.1. The van der Waals surface area contributed by atoms with E-state index in [-0.39, 0.29) is 0 Å². The Hall–Kier alpha value is -1.30. The van der Waals surface area contributed by atoms with Gasteiger partial charge in [0.25, 0.3) is 11.8 Å². The highest BCUT2D eigenvalue weighted by atomic mass is 16.5. The van der Waals surface area contributed by atoms with Crippen molar-refractivity contribution < 1.29 is 19.1 Å². The molecule has 2 amide bonds. The predicted molar refractivity (Wildman–Crippen MR) is 86.3 cm³/mol. The van der Waals surface area contributed by atoms with E-state index in [1.165, 1.54) is 0 Å². The van der Waals surface area contributed by atoms with E-state index in [0.717, 1.165) is 0 Å². The van der Waals surface area contributed by atoms with Crippen LogP contribution < -0.4 is 22.5 Å². The van der Waals surface area contributed by atoms with Crippen molar-refractivity contribution in [2.24, 2.45) is 11.7 Å². The Morgan fingerprint density at radius 2 is 1.08 bits per heavy atom. The molecule has 2 unspecified atom stereocenters. The summed E-state index contributed by atoms with van der Waals surface area (Å²) in [4.78, 5) is 29.6. The molecule has 0 spiro atoms. The zero-order valence-corrected chi connectivity index (χ0v) is 14.3. The van der Waals surface area contributed by atoms with E-state index in [0.29, 0.717) is 52.6 Å². The number of rotatable bonds is 5. The molecule has 2 heterocycles. The van der Waals surface area contributed by atoms with E-state index < -0.39 is 22.9 Å². The van der Waals surface area contributed by atoms with Gasteiger partial charge in [0, 0.05) is 26.2 Å². The van der Waals surface area contributed by atoms with Gasteiger partial charge in [-0.3, -0.25) is 30.2 Å². The molecule has 24 heavy (non-hydrogen) atoms. The maximum atomic E-state index is 12.8. The lowest BCUT2D eigenvalue weighted by Crippen LogP contribution is -2.80. The van der Waals surface area contributed by atoms with E-state index in [4.69, 9.17) is 21.2 Å². The molecule has 10 heteroatoms. The molecule has 2 atom stereocenters. The lowest BCUT2D eigenvalue weighted by molar-refractivity contribution is -0.167. The Balaban J connectivity index is 2.50. The van der Waals surface area contributed by atoms with E-state index >= 15 is 0 Å². The van der Waals surface area contributed by atoms with Crippen molar-refractivity contribution in [3.05, 3.63) is 0 Å². The highest BCUT2D eigenvalue weighted by Gasteiger charge is 2.61. The van der Waals surface area contributed by atoms with E-state index in [1.54, 1.807) is 13.8 Å². The van der Waals surface area contributed by atoms with Crippen LogP contribution in [0.15, 0.2) is 0 Å². The molecule has 0 aromatic carbocycles. The van der Waals surface area contributed by atoms with Gasteiger partial charge in [0.15, 0.2) is 0 Å². The number of nitrogens with one attached hydrogen (secondary N) is 2. The minimum atomic E-state index is -1.23. The third-order valence-corrected chi connectivity index (χ3v) is 5.38. The fourth-order valence-corrected chi connectivity index (χ4v) is 3.65. The molecule has 10 nitrogen and oxygen atoms in total. The summed E-state index contributed by atoms with van der Waals surface area (Å²) in [5, 5.41) is 0. The summed E-state index contributed by atoms with van der Waals surface area (Å²) >= 11 is 0. The fraction of sp³-hybridized carbons (Fsp3) is 0.857. The van der Waals surface area contributed by atoms with Gasteiger partial charge in [0.05, 0.1) is 26.4 Å². The number of carbonyl (C=O) groups is 2. The largest absolute Gasteiger partial charge is 0.379 e. The number of carbonyl (C=O) groups excluding carboxylic acids is 2. The smallest absolute Gasteiger partial charge is 0.256 e. The average Bonchev–Trinajstić information content (AvgIpc) is 2.66. The molecule has 2 rings (SSSR count). The van der Waals surface area contributed by atoms with Crippen LogP contribution in [0, 0.1) is 0 Å². The molecule has 0 saturated carbocycles. The van der Waals surface area contributed by atoms with Gasteiger partial charge in [-0.1, -0.05) is 0 Å². The number of nitrogens with two attached hydrogens (primary N) is 2. The lowest BCUT2D eigenvalue weighted by Gasteiger charge is -2.55. The molecule has 0 radical (unpaired) electrons. The first kappa shape index (κ1) is 19.0. The van der Waals surface area contributed by atoms with Crippen molar-refractivity contribution in [3.8, 4) is 0 Å². The van der Waals surface area contributed by atoms with Crippen molar-refractivity contribution in [3.63, 3.8) is 0 Å². The second-order valence-electron chi connectivity index (χ2n) is 6.29. The lowest BCUT2D eigenvalue weighted by atomic mass is 9.74. The van der Waals surface area contributed by atoms with E-state index in [9.17, 15) is 9.59 Å². The Labute approximate surface area is 141 Å². The maximum Gasteiger partial charge on any atom is 0.256 e. The van der Waals surface area contributed by atoms with Gasteiger partial charge >= 0.3 is 0 Å². The van der Waals surface area contributed by atoms with Crippen LogP contribution in [0.25, 0.3) is 0 Å². The number of morpholine rings is 2. The van der Waals surface area contributed by atoms with E-state index in [1.807, 2.05) is 9.80 Å². The van der Waals surface area contributed by atoms with Crippen LogP contribution in [0.3, 0.4) is 0 Å². The van der Waals surface area contributed by atoms with Crippen molar-refractivity contribution in [2.75, 3.05) is 52.6 Å². The van der Waals surface area contributed by atoms with Gasteiger partial charge in [-0.2, -0.15) is 0 Å². The molecule has 2 fully saturated rings. The zero-order chi connectivity index (χ0) is 17.8. The summed E-state index contributed by atoms with van der Waals surface area (Å²) in [6.07, 6.45) is 0. The molecule has 0 aliphatic carbocycles. The van der Waals surface area contributed by atoms with Gasteiger partial charge in [-0.15, -0.1) is 0 Å². The van der Waals surface area contributed by atoms with Crippen LogP contribution >= 0.6 is 0 Å². The molecular weight excluding hydrogens is 316 g/mol. The Kier molecular flexibility index (Phi) is 6.12. The summed E-state index contributed by atoms with van der Waals surface area (Å²) in [7, 11) is 0. The predicted octanol–water partition coefficient (Wildman–Crippen LogP) is -2.85. The van der Waals surface area contributed by atoms with Crippen LogP contribution in [0.4, 0.5) is 0 Å². The minimum Gasteiger partial charge on any atom is -0.379 e. The van der Waals surface area contributed by atoms with Crippen LogP contribution in [0.5, 0.6) is 0 Å². The van der Waals surface area contributed by atoms with Crippen LogP contribution in [-0.2, 0) is 19.1 Å². The molecular formula is C14H28N6O4. The third-order valence-electron chi connectivity index (χ3n) is 5.38. The fourth-order valence-electron chi connectivity index (χ4n) is 3.65. The third kappa shape index (κ3) is 3.01. The summed E-state index contributed by atoms with van der Waals surface area (Å²) in [6, 6.07) is 0. The summed E-state index contributed by atoms with van der Waals surface area (Å²) in [6.45, 7) is 7.45. The van der Waals surface area contributed by atoms with Crippen molar-refractivity contribution >= 4 is 11.8 Å². The van der Waals surface area contributed by atoms with Crippen LogP contribution in [0.1, 0.15) is 13.8 Å². The molecule has 6 N–H and O–H groups in total. The van der Waals surface area contributed by atoms with E-state index in [2.05, 4.69) is 10.9 Å². The standard InChI is InChI=1S/C14H28N6O4/c1-13(11(21)17-15,19-3-7-23-8-4-19)14(2,12(22)18-16)20-5-9-24-10-6-20/h3-10,15-16H2,1-2H3,(H,17,21)(H,18,22).